The highest BCUT2D eigenvalue weighted by Gasteiger charge is 2.59. The molecule has 1 saturated heterocycles. The van der Waals surface area contributed by atoms with Crippen molar-refractivity contribution in [2.45, 2.75) is 57.5 Å². The fourth-order valence-corrected chi connectivity index (χ4v) is 7.07. The first-order valence-corrected chi connectivity index (χ1v) is 12.1. The summed E-state index contributed by atoms with van der Waals surface area (Å²) in [5.41, 5.74) is -1.18. The SMILES string of the molecule is CC(C)(C(=O)NC1C2CC3CC1CC(C(=O)O)(C3)C2)N1CCN(c2ccc(Cl)nn2)CC1. The average molecular weight is 462 g/mol. The van der Waals surface area contributed by atoms with Crippen molar-refractivity contribution in [3.05, 3.63) is 17.3 Å². The minimum absolute atomic E-state index is 0.0547. The van der Waals surface area contributed by atoms with Crippen LogP contribution >= 0.6 is 11.6 Å². The van der Waals surface area contributed by atoms with Gasteiger partial charge in [-0.3, -0.25) is 14.5 Å². The number of nitrogens with one attached hydrogen (secondary N) is 1. The van der Waals surface area contributed by atoms with Crippen molar-refractivity contribution in [3.63, 3.8) is 0 Å². The summed E-state index contributed by atoms with van der Waals surface area (Å²) in [5.74, 6) is 1.31. The number of carboxylic acid groups (broad SMARTS) is 1. The number of halogens is 1. The molecule has 6 rings (SSSR count). The van der Waals surface area contributed by atoms with E-state index < -0.39 is 16.9 Å². The topological polar surface area (TPSA) is 98.7 Å². The first-order valence-electron chi connectivity index (χ1n) is 11.7. The van der Waals surface area contributed by atoms with Crippen molar-refractivity contribution in [2.75, 3.05) is 31.1 Å². The maximum absolute atomic E-state index is 13.4. The van der Waals surface area contributed by atoms with E-state index in [1.165, 1.54) is 0 Å². The molecule has 9 heteroatoms. The zero-order valence-corrected chi connectivity index (χ0v) is 19.5. The van der Waals surface area contributed by atoms with Gasteiger partial charge in [0.1, 0.15) is 0 Å². The van der Waals surface area contributed by atoms with E-state index in [4.69, 9.17) is 11.6 Å². The lowest BCUT2D eigenvalue weighted by atomic mass is 9.48. The van der Waals surface area contributed by atoms with Gasteiger partial charge in [-0.25, -0.2) is 0 Å². The second-order valence-corrected chi connectivity index (χ2v) is 11.2. The molecule has 1 aliphatic heterocycles. The molecule has 1 aromatic heterocycles. The zero-order chi connectivity index (χ0) is 22.7. The normalized spacial score (nSPS) is 34.5. The highest BCUT2D eigenvalue weighted by Crippen LogP contribution is 2.60. The monoisotopic (exact) mass is 461 g/mol. The van der Waals surface area contributed by atoms with Gasteiger partial charge >= 0.3 is 5.97 Å². The molecule has 1 aromatic rings. The number of anilines is 1. The van der Waals surface area contributed by atoms with Crippen LogP contribution in [0, 0.1) is 23.2 Å². The van der Waals surface area contributed by atoms with Crippen molar-refractivity contribution >= 4 is 29.3 Å². The van der Waals surface area contributed by atoms with Gasteiger partial charge in [0.2, 0.25) is 5.91 Å². The van der Waals surface area contributed by atoms with Crippen molar-refractivity contribution in [2.24, 2.45) is 23.2 Å². The number of aliphatic carboxylic acids is 1. The van der Waals surface area contributed by atoms with Crippen molar-refractivity contribution in [3.8, 4) is 0 Å². The molecule has 1 amide bonds. The molecular weight excluding hydrogens is 430 g/mol. The van der Waals surface area contributed by atoms with Gasteiger partial charge in [0.15, 0.2) is 11.0 Å². The van der Waals surface area contributed by atoms with Crippen molar-refractivity contribution < 1.29 is 14.7 Å². The van der Waals surface area contributed by atoms with E-state index in [1.807, 2.05) is 19.9 Å². The Morgan fingerprint density at radius 3 is 2.31 bits per heavy atom. The van der Waals surface area contributed by atoms with Gasteiger partial charge in [0, 0.05) is 32.2 Å². The number of nitrogens with zero attached hydrogens (tertiary/aromatic N) is 4. The molecule has 5 fully saturated rings. The Bertz CT molecular complexity index is 883. The number of carboxylic acids is 1. The molecule has 4 bridgehead atoms. The van der Waals surface area contributed by atoms with Gasteiger partial charge in [-0.1, -0.05) is 11.6 Å². The van der Waals surface area contributed by atoms with Crippen LogP contribution in [0.25, 0.3) is 0 Å². The molecule has 4 saturated carbocycles. The Balaban J connectivity index is 1.21. The highest BCUT2D eigenvalue weighted by molar-refractivity contribution is 6.29. The number of aromatic nitrogens is 2. The summed E-state index contributed by atoms with van der Waals surface area (Å²) < 4.78 is 0. The number of hydrogen-bond donors (Lipinski definition) is 2. The van der Waals surface area contributed by atoms with Crippen LogP contribution in [-0.4, -0.2) is 69.8 Å². The molecule has 2 unspecified atom stereocenters. The van der Waals surface area contributed by atoms with E-state index in [0.717, 1.165) is 51.3 Å². The van der Waals surface area contributed by atoms with Crippen LogP contribution in [0.5, 0.6) is 0 Å². The summed E-state index contributed by atoms with van der Waals surface area (Å²) in [6.45, 7) is 7.04. The van der Waals surface area contributed by atoms with Crippen molar-refractivity contribution in [1.82, 2.24) is 20.4 Å². The number of hydrogen-bond acceptors (Lipinski definition) is 6. The van der Waals surface area contributed by atoms with E-state index in [2.05, 4.69) is 25.3 Å². The number of carbonyl (C=O) groups excluding carboxylic acids is 1. The number of amides is 1. The van der Waals surface area contributed by atoms with Crippen LogP contribution in [0.15, 0.2) is 12.1 Å². The molecular formula is C23H32ClN5O3. The predicted molar refractivity (Wildman–Crippen MR) is 120 cm³/mol. The second-order valence-electron chi connectivity index (χ2n) is 10.8. The Morgan fingerprint density at radius 2 is 1.75 bits per heavy atom. The van der Waals surface area contributed by atoms with Crippen LogP contribution in [-0.2, 0) is 9.59 Å². The smallest absolute Gasteiger partial charge is 0.309 e. The van der Waals surface area contributed by atoms with Crippen molar-refractivity contribution in [1.29, 1.82) is 0 Å². The summed E-state index contributed by atoms with van der Waals surface area (Å²) >= 11 is 5.84. The minimum atomic E-state index is -0.634. The first-order chi connectivity index (χ1) is 15.2. The Morgan fingerprint density at radius 1 is 1.09 bits per heavy atom. The van der Waals surface area contributed by atoms with Crippen LogP contribution in [0.2, 0.25) is 5.15 Å². The third-order valence-corrected chi connectivity index (χ3v) is 8.79. The zero-order valence-electron chi connectivity index (χ0n) is 18.8. The summed E-state index contributed by atoms with van der Waals surface area (Å²) in [5, 5.41) is 21.7. The Hall–Kier alpha value is -1.93. The molecule has 2 atom stereocenters. The lowest BCUT2D eigenvalue weighted by Gasteiger charge is -2.58. The van der Waals surface area contributed by atoms with E-state index in [-0.39, 0.29) is 23.8 Å². The van der Waals surface area contributed by atoms with E-state index in [1.54, 1.807) is 6.07 Å². The van der Waals surface area contributed by atoms with E-state index >= 15 is 0 Å². The van der Waals surface area contributed by atoms with E-state index in [9.17, 15) is 14.7 Å². The van der Waals surface area contributed by atoms with Gasteiger partial charge in [0.05, 0.1) is 11.0 Å². The molecule has 2 heterocycles. The summed E-state index contributed by atoms with van der Waals surface area (Å²) in [4.78, 5) is 29.8. The Labute approximate surface area is 193 Å². The molecule has 4 aliphatic carbocycles. The maximum Gasteiger partial charge on any atom is 0.309 e. The summed E-state index contributed by atoms with van der Waals surface area (Å²) in [6, 6.07) is 3.73. The van der Waals surface area contributed by atoms with Crippen LogP contribution in [0.3, 0.4) is 0 Å². The number of piperazine rings is 1. The molecule has 32 heavy (non-hydrogen) atoms. The molecule has 8 nitrogen and oxygen atoms in total. The molecule has 0 radical (unpaired) electrons. The molecule has 0 spiro atoms. The second kappa shape index (κ2) is 7.83. The maximum atomic E-state index is 13.4. The summed E-state index contributed by atoms with van der Waals surface area (Å²) in [6.07, 6.45) is 4.35. The molecule has 5 aliphatic rings. The first kappa shape index (κ1) is 21.9. The molecule has 174 valence electrons. The van der Waals surface area contributed by atoms with Gasteiger partial charge < -0.3 is 15.3 Å². The quantitative estimate of drug-likeness (QED) is 0.694. The van der Waals surface area contributed by atoms with Gasteiger partial charge in [-0.2, -0.15) is 0 Å². The largest absolute Gasteiger partial charge is 0.481 e. The number of carbonyl (C=O) groups is 2. The standard InChI is InChI=1S/C23H32ClN5O3/c1-22(2,29-7-5-28(6-8-29)18-4-3-17(24)26-27-18)20(30)25-19-15-9-14-10-16(19)13-23(11-14,12-15)21(31)32/h3-4,14-16,19H,5-13H2,1-2H3,(H,25,30)(H,31,32). The highest BCUT2D eigenvalue weighted by atomic mass is 35.5. The molecule has 0 aromatic carbocycles. The average Bonchev–Trinajstić information content (AvgIpc) is 2.76. The Kier molecular flexibility index (Phi) is 5.36. The van der Waals surface area contributed by atoms with Gasteiger partial charge in [-0.05, 0) is 75.8 Å². The minimum Gasteiger partial charge on any atom is -0.481 e. The van der Waals surface area contributed by atoms with E-state index in [0.29, 0.717) is 23.9 Å². The number of rotatable bonds is 5. The predicted octanol–water partition coefficient (Wildman–Crippen LogP) is 2.43. The van der Waals surface area contributed by atoms with Gasteiger partial charge in [0.25, 0.3) is 0 Å². The molecule has 2 N–H and O–H groups in total. The van der Waals surface area contributed by atoms with Gasteiger partial charge in [-0.15, -0.1) is 10.2 Å². The third-order valence-electron chi connectivity index (χ3n) is 8.59. The summed E-state index contributed by atoms with van der Waals surface area (Å²) in [7, 11) is 0. The van der Waals surface area contributed by atoms with Crippen LogP contribution in [0.1, 0.15) is 46.0 Å². The fraction of sp³-hybridized carbons (Fsp3) is 0.739. The third kappa shape index (κ3) is 3.65. The lowest BCUT2D eigenvalue weighted by Crippen LogP contribution is -2.66. The fourth-order valence-electron chi connectivity index (χ4n) is 6.97. The van der Waals surface area contributed by atoms with Crippen LogP contribution in [0.4, 0.5) is 5.82 Å². The van der Waals surface area contributed by atoms with Crippen LogP contribution < -0.4 is 10.2 Å². The lowest BCUT2D eigenvalue weighted by molar-refractivity contribution is -0.168.